The maximum Gasteiger partial charge on any atom is 0.138 e. The van der Waals surface area contributed by atoms with Crippen LogP contribution < -0.4 is 10.1 Å². The van der Waals surface area contributed by atoms with Gasteiger partial charge >= 0.3 is 0 Å². The number of halogens is 1. The first-order valence-electron chi connectivity index (χ1n) is 6.82. The molecule has 0 saturated carbocycles. The Morgan fingerprint density at radius 1 is 1.20 bits per heavy atom. The summed E-state index contributed by atoms with van der Waals surface area (Å²) in [7, 11) is 0. The Bertz CT molecular complexity index is 572. The van der Waals surface area contributed by atoms with Gasteiger partial charge in [0.25, 0.3) is 0 Å². The van der Waals surface area contributed by atoms with Crippen molar-refractivity contribution in [1.29, 1.82) is 0 Å². The summed E-state index contributed by atoms with van der Waals surface area (Å²) in [4.78, 5) is 4.16. The quantitative estimate of drug-likeness (QED) is 0.876. The Hall–Kier alpha value is -1.94. The fourth-order valence-corrected chi connectivity index (χ4v) is 2.04. The molecular weight excluding hydrogens is 255 g/mol. The third kappa shape index (κ3) is 3.54. The molecule has 2 rings (SSSR count). The summed E-state index contributed by atoms with van der Waals surface area (Å²) in [6, 6.07) is 6.72. The highest BCUT2D eigenvalue weighted by Crippen LogP contribution is 2.27. The summed E-state index contributed by atoms with van der Waals surface area (Å²) in [6.45, 7) is 6.11. The van der Waals surface area contributed by atoms with Crippen molar-refractivity contribution < 1.29 is 9.13 Å². The van der Waals surface area contributed by atoms with E-state index in [1.807, 2.05) is 19.9 Å². The van der Waals surface area contributed by atoms with Crippen molar-refractivity contribution in [3.63, 3.8) is 0 Å². The summed E-state index contributed by atoms with van der Waals surface area (Å²) in [5.41, 5.74) is 2.76. The zero-order valence-corrected chi connectivity index (χ0v) is 11.8. The largest absolute Gasteiger partial charge is 0.492 e. The number of ether oxygens (including phenoxy) is 1. The molecule has 2 aromatic rings. The van der Waals surface area contributed by atoms with E-state index < -0.39 is 0 Å². The van der Waals surface area contributed by atoms with Gasteiger partial charge in [-0.05, 0) is 42.8 Å². The molecule has 1 aromatic carbocycles. The number of nitrogens with one attached hydrogen (secondary N) is 1. The zero-order valence-electron chi connectivity index (χ0n) is 11.8. The third-order valence-electron chi connectivity index (χ3n) is 2.97. The van der Waals surface area contributed by atoms with Crippen molar-refractivity contribution in [2.24, 2.45) is 0 Å². The van der Waals surface area contributed by atoms with Crippen LogP contribution in [0.1, 0.15) is 19.4 Å². The van der Waals surface area contributed by atoms with Crippen LogP contribution in [0.3, 0.4) is 0 Å². The van der Waals surface area contributed by atoms with Gasteiger partial charge in [-0.1, -0.05) is 13.0 Å². The van der Waals surface area contributed by atoms with Gasteiger partial charge in [0.05, 0.1) is 12.8 Å². The maximum atomic E-state index is 13.5. The normalized spacial score (nSPS) is 10.6. The minimum Gasteiger partial charge on any atom is -0.492 e. The van der Waals surface area contributed by atoms with Crippen LogP contribution >= 0.6 is 0 Å². The summed E-state index contributed by atoms with van der Waals surface area (Å²) >= 11 is 0. The lowest BCUT2D eigenvalue weighted by Crippen LogP contribution is -2.12. The predicted octanol–water partition coefficient (Wildman–Crippen LogP) is 3.40. The zero-order chi connectivity index (χ0) is 14.4. The topological polar surface area (TPSA) is 34.2 Å². The van der Waals surface area contributed by atoms with Crippen LogP contribution in [0, 0.1) is 5.82 Å². The molecule has 0 saturated heterocycles. The van der Waals surface area contributed by atoms with Crippen molar-refractivity contribution >= 4 is 0 Å². The molecule has 20 heavy (non-hydrogen) atoms. The molecule has 0 aliphatic rings. The van der Waals surface area contributed by atoms with E-state index in [1.165, 1.54) is 6.07 Å². The van der Waals surface area contributed by atoms with E-state index in [0.717, 1.165) is 23.2 Å². The fourth-order valence-electron chi connectivity index (χ4n) is 2.04. The lowest BCUT2D eigenvalue weighted by Gasteiger charge is -2.11. The van der Waals surface area contributed by atoms with Crippen LogP contribution in [0.15, 0.2) is 36.7 Å². The molecule has 1 N–H and O–H groups in total. The Morgan fingerprint density at radius 2 is 2.05 bits per heavy atom. The standard InChI is InChI=1S/C16H19FN2O/c1-3-18-9-12-5-6-14(17)8-16(12)13-7-15(20-4-2)11-19-10-13/h5-8,10-11,18H,3-4,9H2,1-2H3. The van der Waals surface area contributed by atoms with Crippen LogP contribution in [0.25, 0.3) is 11.1 Å². The van der Waals surface area contributed by atoms with Gasteiger partial charge in [0.15, 0.2) is 0 Å². The highest BCUT2D eigenvalue weighted by molar-refractivity contribution is 5.67. The summed E-state index contributed by atoms with van der Waals surface area (Å²) in [6.07, 6.45) is 3.39. The number of rotatable bonds is 6. The first-order valence-corrected chi connectivity index (χ1v) is 6.82. The second-order valence-corrected chi connectivity index (χ2v) is 4.42. The van der Waals surface area contributed by atoms with Crippen molar-refractivity contribution in [1.82, 2.24) is 10.3 Å². The molecule has 0 spiro atoms. The van der Waals surface area contributed by atoms with Crippen LogP contribution in [-0.2, 0) is 6.54 Å². The van der Waals surface area contributed by atoms with Gasteiger partial charge in [0, 0.05) is 18.3 Å². The van der Waals surface area contributed by atoms with Gasteiger partial charge in [-0.2, -0.15) is 0 Å². The maximum absolute atomic E-state index is 13.5. The van der Waals surface area contributed by atoms with Crippen molar-refractivity contribution in [2.75, 3.05) is 13.2 Å². The van der Waals surface area contributed by atoms with E-state index >= 15 is 0 Å². The van der Waals surface area contributed by atoms with E-state index in [4.69, 9.17) is 4.74 Å². The minimum atomic E-state index is -0.248. The number of aromatic nitrogens is 1. The van der Waals surface area contributed by atoms with Crippen molar-refractivity contribution in [2.45, 2.75) is 20.4 Å². The molecule has 0 bridgehead atoms. The molecule has 1 heterocycles. The molecule has 0 aliphatic heterocycles. The first kappa shape index (κ1) is 14.5. The lowest BCUT2D eigenvalue weighted by atomic mass is 10.0. The lowest BCUT2D eigenvalue weighted by molar-refractivity contribution is 0.339. The predicted molar refractivity (Wildman–Crippen MR) is 78.2 cm³/mol. The molecule has 4 heteroatoms. The van der Waals surface area contributed by atoms with Gasteiger partial charge in [-0.15, -0.1) is 0 Å². The van der Waals surface area contributed by atoms with E-state index in [1.54, 1.807) is 24.5 Å². The van der Waals surface area contributed by atoms with Gasteiger partial charge in [-0.25, -0.2) is 4.39 Å². The highest BCUT2D eigenvalue weighted by atomic mass is 19.1. The third-order valence-corrected chi connectivity index (χ3v) is 2.97. The number of nitrogens with zero attached hydrogens (tertiary/aromatic N) is 1. The SMILES string of the molecule is CCNCc1ccc(F)cc1-c1cncc(OCC)c1. The minimum absolute atomic E-state index is 0.248. The van der Waals surface area contributed by atoms with Gasteiger partial charge in [-0.3, -0.25) is 4.98 Å². The molecule has 3 nitrogen and oxygen atoms in total. The summed E-state index contributed by atoms with van der Waals surface area (Å²) in [5, 5.41) is 3.26. The number of benzene rings is 1. The average Bonchev–Trinajstić information content (AvgIpc) is 2.46. The van der Waals surface area contributed by atoms with Crippen LogP contribution in [0.4, 0.5) is 4.39 Å². The molecule has 0 radical (unpaired) electrons. The summed E-state index contributed by atoms with van der Waals surface area (Å²) < 4.78 is 19.0. The number of hydrogen-bond donors (Lipinski definition) is 1. The van der Waals surface area contributed by atoms with Gasteiger partial charge in [0.1, 0.15) is 11.6 Å². The highest BCUT2D eigenvalue weighted by Gasteiger charge is 2.08. The second-order valence-electron chi connectivity index (χ2n) is 4.42. The number of hydrogen-bond acceptors (Lipinski definition) is 3. The summed E-state index contributed by atoms with van der Waals surface area (Å²) in [5.74, 6) is 0.450. The fraction of sp³-hybridized carbons (Fsp3) is 0.312. The molecular formula is C16H19FN2O. The van der Waals surface area contributed by atoms with E-state index in [0.29, 0.717) is 18.9 Å². The smallest absolute Gasteiger partial charge is 0.138 e. The van der Waals surface area contributed by atoms with E-state index in [2.05, 4.69) is 10.3 Å². The monoisotopic (exact) mass is 274 g/mol. The van der Waals surface area contributed by atoms with Crippen molar-refractivity contribution in [3.05, 3.63) is 48.0 Å². The van der Waals surface area contributed by atoms with Crippen LogP contribution in [-0.4, -0.2) is 18.1 Å². The molecule has 0 unspecified atom stereocenters. The van der Waals surface area contributed by atoms with Gasteiger partial charge in [0.2, 0.25) is 0 Å². The average molecular weight is 274 g/mol. The second kappa shape index (κ2) is 7.01. The Balaban J connectivity index is 2.39. The molecule has 0 aliphatic carbocycles. The molecule has 0 amide bonds. The van der Waals surface area contributed by atoms with E-state index in [9.17, 15) is 4.39 Å². The molecule has 0 atom stereocenters. The number of pyridine rings is 1. The van der Waals surface area contributed by atoms with Crippen LogP contribution in [0.5, 0.6) is 5.75 Å². The van der Waals surface area contributed by atoms with Gasteiger partial charge < -0.3 is 10.1 Å². The van der Waals surface area contributed by atoms with Crippen molar-refractivity contribution in [3.8, 4) is 16.9 Å². The Labute approximate surface area is 118 Å². The Kier molecular flexibility index (Phi) is 5.07. The molecule has 0 fully saturated rings. The first-order chi connectivity index (χ1) is 9.74. The molecule has 106 valence electrons. The molecule has 1 aromatic heterocycles. The van der Waals surface area contributed by atoms with Crippen LogP contribution in [0.2, 0.25) is 0 Å². The van der Waals surface area contributed by atoms with E-state index in [-0.39, 0.29) is 5.82 Å². The Morgan fingerprint density at radius 3 is 2.80 bits per heavy atom.